The number of hydrogen-bond donors (Lipinski definition) is 1. The van der Waals surface area contributed by atoms with Crippen molar-refractivity contribution in [2.75, 3.05) is 16.8 Å². The molecule has 0 spiro atoms. The van der Waals surface area contributed by atoms with E-state index in [1.54, 1.807) is 0 Å². The van der Waals surface area contributed by atoms with Gasteiger partial charge in [0.2, 0.25) is 11.0 Å². The van der Waals surface area contributed by atoms with Crippen molar-refractivity contribution in [3.05, 3.63) is 40.9 Å². The maximum absolute atomic E-state index is 12.0. The third-order valence-electron chi connectivity index (χ3n) is 3.50. The number of nitrogens with one attached hydrogen (secondary N) is 1. The van der Waals surface area contributed by atoms with Gasteiger partial charge in [-0.1, -0.05) is 41.7 Å². The van der Waals surface area contributed by atoms with Crippen molar-refractivity contribution in [3.63, 3.8) is 0 Å². The largest absolute Gasteiger partial charge is 0.300 e. The van der Waals surface area contributed by atoms with Gasteiger partial charge in [0, 0.05) is 6.42 Å². The summed E-state index contributed by atoms with van der Waals surface area (Å²) in [6, 6.07) is 9.87. The summed E-state index contributed by atoms with van der Waals surface area (Å²) in [7, 11) is -3.06. The predicted molar refractivity (Wildman–Crippen MR) is 84.5 cm³/mol. The maximum atomic E-state index is 12.0. The molecule has 0 radical (unpaired) electrons. The third-order valence-corrected chi connectivity index (χ3v) is 6.11. The molecule has 8 heteroatoms. The number of carbonyl (C=O) groups excluding carboxylic acids is 1. The summed E-state index contributed by atoms with van der Waals surface area (Å²) < 4.78 is 22.8. The Morgan fingerprint density at radius 1 is 1.27 bits per heavy atom. The molecule has 1 N–H and O–H groups in total. The number of nitrogens with zero attached hydrogens (tertiary/aromatic N) is 2. The van der Waals surface area contributed by atoms with E-state index in [1.165, 1.54) is 11.3 Å². The Labute approximate surface area is 132 Å². The fraction of sp³-hybridized carbons (Fsp3) is 0.357. The summed E-state index contributed by atoms with van der Waals surface area (Å²) in [5, 5.41) is 11.9. The van der Waals surface area contributed by atoms with E-state index in [9.17, 15) is 13.2 Å². The van der Waals surface area contributed by atoms with Crippen molar-refractivity contribution in [2.24, 2.45) is 5.92 Å². The zero-order valence-corrected chi connectivity index (χ0v) is 13.4. The average Bonchev–Trinajstić information content (AvgIpc) is 3.06. The summed E-state index contributed by atoms with van der Waals surface area (Å²) in [5.74, 6) is -0.760. The quantitative estimate of drug-likeness (QED) is 0.913. The van der Waals surface area contributed by atoms with Crippen LogP contribution in [0.3, 0.4) is 0 Å². The first-order valence-electron chi connectivity index (χ1n) is 6.89. The number of amides is 1. The minimum absolute atomic E-state index is 0.0749. The highest BCUT2D eigenvalue weighted by Crippen LogP contribution is 2.23. The second kappa shape index (κ2) is 6.13. The number of benzene rings is 1. The molecule has 0 saturated carbocycles. The van der Waals surface area contributed by atoms with Gasteiger partial charge >= 0.3 is 0 Å². The minimum atomic E-state index is -3.06. The van der Waals surface area contributed by atoms with Crippen LogP contribution in [0.15, 0.2) is 30.3 Å². The van der Waals surface area contributed by atoms with Crippen molar-refractivity contribution < 1.29 is 13.2 Å². The molecular weight excluding hydrogens is 322 g/mol. The normalized spacial score (nSPS) is 19.9. The molecule has 1 fully saturated rings. The van der Waals surface area contributed by atoms with Crippen molar-refractivity contribution in [1.82, 2.24) is 10.2 Å². The first-order chi connectivity index (χ1) is 10.5. The molecular formula is C14H15N3O3S2. The first kappa shape index (κ1) is 15.1. The van der Waals surface area contributed by atoms with Crippen LogP contribution in [0.5, 0.6) is 0 Å². The molecule has 0 aliphatic carbocycles. The summed E-state index contributed by atoms with van der Waals surface area (Å²) in [6.07, 6.45) is 1.04. The number of rotatable bonds is 4. The lowest BCUT2D eigenvalue weighted by atomic mass is 10.1. The van der Waals surface area contributed by atoms with Gasteiger partial charge in [-0.3, -0.25) is 4.79 Å². The summed E-state index contributed by atoms with van der Waals surface area (Å²) in [4.78, 5) is 12.0. The SMILES string of the molecule is O=C(Nc1nnc(Cc2ccccc2)s1)[C@H]1CCS(=O)(=O)C1. The molecule has 0 unspecified atom stereocenters. The molecule has 22 heavy (non-hydrogen) atoms. The Hall–Kier alpha value is -1.80. The predicted octanol–water partition coefficient (Wildman–Crippen LogP) is 1.50. The smallest absolute Gasteiger partial charge is 0.230 e. The van der Waals surface area contributed by atoms with Crippen LogP contribution in [0.1, 0.15) is 17.0 Å². The molecule has 1 atom stereocenters. The lowest BCUT2D eigenvalue weighted by molar-refractivity contribution is -0.119. The Bertz CT molecular complexity index is 772. The lowest BCUT2D eigenvalue weighted by Gasteiger charge is -2.05. The topological polar surface area (TPSA) is 89.0 Å². The standard InChI is InChI=1S/C14H15N3O3S2/c18-13(11-6-7-22(19,20)9-11)15-14-17-16-12(21-14)8-10-4-2-1-3-5-10/h1-5,11H,6-9H2,(H,15,17,18)/t11-/m0/s1. The fourth-order valence-corrected chi connectivity index (χ4v) is 4.87. The molecule has 2 aromatic rings. The maximum Gasteiger partial charge on any atom is 0.230 e. The van der Waals surface area contributed by atoms with Gasteiger partial charge in [0.05, 0.1) is 17.4 Å². The molecule has 6 nitrogen and oxygen atoms in total. The van der Waals surface area contributed by atoms with Crippen molar-refractivity contribution in [3.8, 4) is 0 Å². The highest BCUT2D eigenvalue weighted by Gasteiger charge is 2.33. The van der Waals surface area contributed by atoms with Gasteiger partial charge < -0.3 is 5.32 Å². The van der Waals surface area contributed by atoms with Crippen molar-refractivity contribution in [1.29, 1.82) is 0 Å². The molecule has 1 aliphatic rings. The van der Waals surface area contributed by atoms with Gasteiger partial charge in [0.1, 0.15) is 5.01 Å². The number of anilines is 1. The van der Waals surface area contributed by atoms with E-state index >= 15 is 0 Å². The molecule has 1 amide bonds. The van der Waals surface area contributed by atoms with E-state index in [-0.39, 0.29) is 17.4 Å². The van der Waals surface area contributed by atoms with Gasteiger partial charge in [-0.25, -0.2) is 8.42 Å². The van der Waals surface area contributed by atoms with Gasteiger partial charge in [-0.05, 0) is 12.0 Å². The highest BCUT2D eigenvalue weighted by atomic mass is 32.2. The highest BCUT2D eigenvalue weighted by molar-refractivity contribution is 7.91. The molecule has 0 bridgehead atoms. The summed E-state index contributed by atoms with van der Waals surface area (Å²) >= 11 is 1.31. The Balaban J connectivity index is 1.61. The van der Waals surface area contributed by atoms with Crippen LogP contribution in [-0.2, 0) is 21.1 Å². The monoisotopic (exact) mass is 337 g/mol. The molecule has 2 heterocycles. The Morgan fingerprint density at radius 2 is 2.05 bits per heavy atom. The summed E-state index contributed by atoms with van der Waals surface area (Å²) in [5.41, 5.74) is 1.12. The van der Waals surface area contributed by atoms with Crippen molar-refractivity contribution >= 4 is 32.2 Å². The molecule has 1 aliphatic heterocycles. The first-order valence-corrected chi connectivity index (χ1v) is 9.53. The second-order valence-electron chi connectivity index (χ2n) is 5.25. The van der Waals surface area contributed by atoms with Gasteiger partial charge in [0.25, 0.3) is 0 Å². The van der Waals surface area contributed by atoms with Crippen LogP contribution in [0, 0.1) is 5.92 Å². The van der Waals surface area contributed by atoms with Crippen molar-refractivity contribution in [2.45, 2.75) is 12.8 Å². The van der Waals surface area contributed by atoms with Gasteiger partial charge in [-0.15, -0.1) is 10.2 Å². The van der Waals surface area contributed by atoms with Crippen LogP contribution in [0.4, 0.5) is 5.13 Å². The van der Waals surface area contributed by atoms with E-state index < -0.39 is 15.8 Å². The number of carbonyl (C=O) groups is 1. The number of hydrogen-bond acceptors (Lipinski definition) is 6. The van der Waals surface area contributed by atoms with Crippen LogP contribution in [0.25, 0.3) is 0 Å². The second-order valence-corrected chi connectivity index (χ2v) is 8.54. The van der Waals surface area contributed by atoms with Crippen LogP contribution < -0.4 is 5.32 Å². The Morgan fingerprint density at radius 3 is 2.73 bits per heavy atom. The molecule has 3 rings (SSSR count). The summed E-state index contributed by atoms with van der Waals surface area (Å²) in [6.45, 7) is 0. The zero-order chi connectivity index (χ0) is 15.6. The van der Waals surface area contributed by atoms with E-state index in [0.717, 1.165) is 10.6 Å². The molecule has 1 aromatic carbocycles. The Kier molecular flexibility index (Phi) is 4.21. The van der Waals surface area contributed by atoms with E-state index in [1.807, 2.05) is 30.3 Å². The van der Waals surface area contributed by atoms with Crippen LogP contribution in [0.2, 0.25) is 0 Å². The van der Waals surface area contributed by atoms with E-state index in [0.29, 0.717) is 18.0 Å². The minimum Gasteiger partial charge on any atom is -0.300 e. The zero-order valence-electron chi connectivity index (χ0n) is 11.7. The van der Waals surface area contributed by atoms with E-state index in [2.05, 4.69) is 15.5 Å². The van der Waals surface area contributed by atoms with Crippen LogP contribution >= 0.6 is 11.3 Å². The van der Waals surface area contributed by atoms with Gasteiger partial charge in [-0.2, -0.15) is 0 Å². The number of sulfone groups is 1. The average molecular weight is 337 g/mol. The van der Waals surface area contributed by atoms with Gasteiger partial charge in [0.15, 0.2) is 9.84 Å². The lowest BCUT2D eigenvalue weighted by Crippen LogP contribution is -2.23. The van der Waals surface area contributed by atoms with Crippen LogP contribution in [-0.4, -0.2) is 36.0 Å². The molecule has 1 aromatic heterocycles. The third kappa shape index (κ3) is 3.69. The molecule has 116 valence electrons. The molecule has 1 saturated heterocycles. The number of aromatic nitrogens is 2. The van der Waals surface area contributed by atoms with E-state index in [4.69, 9.17) is 0 Å². The fourth-order valence-electron chi connectivity index (χ4n) is 2.36.